The standard InChI is InChI=1S/C60H77FN10O8/c1-60(2,3)79-59(78)71(46-17-18-46)39-53(73)70-36-45(37-70)43-12-9-13-44(34-43)55(74)62-54(42-10-5-4-6-11-42)58(77)69-26-24-66(25-27-69)35-40-20-22-65(23-21-40)38-52(72)67-28-30-68(31-29-67)57(76)49-32-41(16-19-50(49)61)33-51-47-14-7-8-15-48(47)56(75)64-63-51/h7-9,12-16,19,32,34,40,42,45-46,54H,4-6,10-11,17-18,20-31,33,35-39H2,1-3H3,(H,62,74)(H,64,75)/t54-/m1/s1. The highest BCUT2D eigenvalue weighted by atomic mass is 19.1. The Morgan fingerprint density at radius 3 is 2.11 bits per heavy atom. The summed E-state index contributed by atoms with van der Waals surface area (Å²) in [6.07, 6.45) is 8.51. The number of aromatic amines is 1. The quantitative estimate of drug-likeness (QED) is 0.153. The molecule has 5 heterocycles. The van der Waals surface area contributed by atoms with Crippen molar-refractivity contribution in [1.29, 1.82) is 0 Å². The van der Waals surface area contributed by atoms with E-state index in [-0.39, 0.29) is 59.2 Å². The fraction of sp³-hybridized carbons (Fsp3) is 0.567. The second-order valence-corrected chi connectivity index (χ2v) is 23.9. The number of piperidine rings is 1. The summed E-state index contributed by atoms with van der Waals surface area (Å²) in [4.78, 5) is 107. The molecule has 3 aromatic carbocycles. The Labute approximate surface area is 461 Å². The van der Waals surface area contributed by atoms with Gasteiger partial charge >= 0.3 is 6.09 Å². The lowest BCUT2D eigenvalue weighted by atomic mass is 9.83. The maximum atomic E-state index is 15.1. The molecule has 0 spiro atoms. The SMILES string of the molecule is CC(C)(C)OC(=O)N(CC(=O)N1CC(c2cccc(C(=O)N[C@@H](C(=O)N3CCN(CC4CCN(CC(=O)N5CCN(C(=O)c6cc(Cc7n[nH]c(=O)c8ccccc78)ccc6F)CC5)CC4)CC3)C3CCCCC3)c2)C1)C1CC1. The zero-order chi connectivity index (χ0) is 55.4. The number of amides is 6. The number of nitrogens with zero attached hydrogens (tertiary/aromatic N) is 8. The minimum absolute atomic E-state index is 0.00639. The van der Waals surface area contributed by atoms with Crippen LogP contribution in [0.25, 0.3) is 10.8 Å². The highest BCUT2D eigenvalue weighted by molar-refractivity contribution is 5.98. The van der Waals surface area contributed by atoms with E-state index in [1.54, 1.807) is 49.9 Å². The molecule has 6 aliphatic rings. The second kappa shape index (κ2) is 24.3. The van der Waals surface area contributed by atoms with E-state index in [9.17, 15) is 33.6 Å². The number of H-pyrrole nitrogens is 1. The van der Waals surface area contributed by atoms with Crippen molar-refractivity contribution in [3.8, 4) is 0 Å². The molecule has 18 nitrogen and oxygen atoms in total. The Kier molecular flexibility index (Phi) is 17.1. The summed E-state index contributed by atoms with van der Waals surface area (Å²) in [7, 11) is 0. The molecule has 6 fully saturated rings. The highest BCUT2D eigenvalue weighted by Crippen LogP contribution is 2.33. The zero-order valence-electron chi connectivity index (χ0n) is 46.1. The number of benzene rings is 3. The number of carbonyl (C=O) groups is 6. The minimum Gasteiger partial charge on any atom is -0.444 e. The largest absolute Gasteiger partial charge is 0.444 e. The van der Waals surface area contributed by atoms with Crippen LogP contribution in [0.15, 0.2) is 71.5 Å². The monoisotopic (exact) mass is 1080 g/mol. The van der Waals surface area contributed by atoms with Crippen molar-refractivity contribution in [1.82, 2.24) is 49.8 Å². The summed E-state index contributed by atoms with van der Waals surface area (Å²) in [5, 5.41) is 11.2. The number of halogens is 1. The van der Waals surface area contributed by atoms with E-state index < -0.39 is 29.5 Å². The van der Waals surface area contributed by atoms with E-state index in [4.69, 9.17) is 4.74 Å². The van der Waals surface area contributed by atoms with Crippen molar-refractivity contribution in [2.75, 3.05) is 98.2 Å². The Balaban J connectivity index is 0.647. The summed E-state index contributed by atoms with van der Waals surface area (Å²) >= 11 is 0. The summed E-state index contributed by atoms with van der Waals surface area (Å²) < 4.78 is 20.7. The molecule has 1 aromatic heterocycles. The summed E-state index contributed by atoms with van der Waals surface area (Å²) in [5.41, 5.74) is 1.81. The molecule has 0 bridgehead atoms. The lowest BCUT2D eigenvalue weighted by Gasteiger charge is -2.41. The van der Waals surface area contributed by atoms with Crippen LogP contribution in [-0.2, 0) is 25.5 Å². The summed E-state index contributed by atoms with van der Waals surface area (Å²) in [6, 6.07) is 18.6. The minimum atomic E-state index is -0.646. The Hall–Kier alpha value is -6.73. The van der Waals surface area contributed by atoms with Crippen molar-refractivity contribution in [3.05, 3.63) is 111 Å². The van der Waals surface area contributed by atoms with Crippen molar-refractivity contribution in [2.24, 2.45) is 11.8 Å². The average Bonchev–Trinajstić information content (AvgIpc) is 4.33. The first-order valence-electron chi connectivity index (χ1n) is 28.8. The number of fused-ring (bicyclic) bond motifs is 1. The van der Waals surface area contributed by atoms with E-state index in [1.165, 1.54) is 6.07 Å². The molecule has 4 saturated heterocycles. The molecule has 19 heteroatoms. The van der Waals surface area contributed by atoms with Crippen molar-refractivity contribution in [2.45, 2.75) is 109 Å². The molecule has 6 amide bonds. The number of hydrogen-bond donors (Lipinski definition) is 2. The molecule has 79 heavy (non-hydrogen) atoms. The number of ether oxygens (including phenoxy) is 1. The smallest absolute Gasteiger partial charge is 0.411 e. The topological polar surface area (TPSA) is 192 Å². The van der Waals surface area contributed by atoms with Gasteiger partial charge in [0.1, 0.15) is 24.0 Å². The van der Waals surface area contributed by atoms with Crippen LogP contribution in [0.4, 0.5) is 9.18 Å². The van der Waals surface area contributed by atoms with Gasteiger partial charge in [-0.1, -0.05) is 55.7 Å². The van der Waals surface area contributed by atoms with Gasteiger partial charge in [0.25, 0.3) is 17.4 Å². The molecular weight excluding hydrogens is 1010 g/mol. The van der Waals surface area contributed by atoms with Gasteiger partial charge in [0, 0.05) is 101 Å². The third-order valence-corrected chi connectivity index (χ3v) is 17.0. The van der Waals surface area contributed by atoms with Gasteiger partial charge in [-0.05, 0) is 126 Å². The van der Waals surface area contributed by atoms with Crippen LogP contribution < -0.4 is 10.9 Å². The van der Waals surface area contributed by atoms with Crippen LogP contribution in [0, 0.1) is 17.7 Å². The van der Waals surface area contributed by atoms with Crippen molar-refractivity contribution >= 4 is 46.4 Å². The van der Waals surface area contributed by atoms with Gasteiger partial charge in [0.15, 0.2) is 0 Å². The molecule has 2 saturated carbocycles. The number of aromatic nitrogens is 2. The molecule has 2 N–H and O–H groups in total. The van der Waals surface area contributed by atoms with E-state index in [1.807, 2.05) is 56.0 Å². The van der Waals surface area contributed by atoms with Crippen molar-refractivity contribution < 1.29 is 37.9 Å². The third kappa shape index (κ3) is 13.7. The first-order chi connectivity index (χ1) is 38.0. The van der Waals surface area contributed by atoms with Crippen LogP contribution in [0.3, 0.4) is 0 Å². The third-order valence-electron chi connectivity index (χ3n) is 17.0. The number of rotatable bonds is 15. The summed E-state index contributed by atoms with van der Waals surface area (Å²) in [5.74, 6) is -0.771. The maximum Gasteiger partial charge on any atom is 0.411 e. The fourth-order valence-electron chi connectivity index (χ4n) is 12.2. The molecule has 0 unspecified atom stereocenters. The van der Waals surface area contributed by atoms with Crippen LogP contribution in [0.2, 0.25) is 0 Å². The first kappa shape index (κ1) is 55.6. The van der Waals surface area contributed by atoms with Gasteiger partial charge in [-0.25, -0.2) is 14.3 Å². The van der Waals surface area contributed by atoms with E-state index in [2.05, 4.69) is 25.3 Å². The Morgan fingerprint density at radius 2 is 1.42 bits per heavy atom. The van der Waals surface area contributed by atoms with Crippen LogP contribution in [-0.4, -0.2) is 196 Å². The number of hydrogen-bond acceptors (Lipinski definition) is 11. The van der Waals surface area contributed by atoms with Gasteiger partial charge in [-0.15, -0.1) is 0 Å². The molecule has 10 rings (SSSR count). The molecular formula is C60H77FN10O8. The lowest BCUT2D eigenvalue weighted by Crippen LogP contribution is -2.57. The van der Waals surface area contributed by atoms with E-state index >= 15 is 4.39 Å². The predicted molar refractivity (Wildman–Crippen MR) is 296 cm³/mol. The molecule has 1 atom stereocenters. The van der Waals surface area contributed by atoms with Gasteiger partial charge in [0.2, 0.25) is 17.7 Å². The normalized spacial score (nSPS) is 19.7. The van der Waals surface area contributed by atoms with Crippen LogP contribution >= 0.6 is 0 Å². The maximum absolute atomic E-state index is 15.1. The molecule has 4 aromatic rings. The number of piperazine rings is 2. The number of likely N-dealkylation sites (tertiary alicyclic amines) is 2. The Bertz CT molecular complexity index is 2940. The van der Waals surface area contributed by atoms with Gasteiger partial charge in [-0.3, -0.25) is 43.5 Å². The van der Waals surface area contributed by atoms with Gasteiger partial charge in [-0.2, -0.15) is 5.10 Å². The zero-order valence-corrected chi connectivity index (χ0v) is 46.1. The first-order valence-corrected chi connectivity index (χ1v) is 28.8. The van der Waals surface area contributed by atoms with E-state index in [0.717, 1.165) is 96.1 Å². The van der Waals surface area contributed by atoms with Gasteiger partial charge in [0.05, 0.1) is 23.2 Å². The lowest BCUT2D eigenvalue weighted by molar-refractivity contribution is -0.137. The van der Waals surface area contributed by atoms with Crippen LogP contribution in [0.1, 0.15) is 122 Å². The molecule has 4 aliphatic heterocycles. The fourth-order valence-corrected chi connectivity index (χ4v) is 12.2. The molecule has 2 aliphatic carbocycles. The molecule has 422 valence electrons. The Morgan fingerprint density at radius 1 is 0.734 bits per heavy atom. The summed E-state index contributed by atoms with van der Waals surface area (Å²) in [6.45, 7) is 13.4. The van der Waals surface area contributed by atoms with Gasteiger partial charge < -0.3 is 29.7 Å². The van der Waals surface area contributed by atoms with E-state index in [0.29, 0.717) is 98.8 Å². The second-order valence-electron chi connectivity index (χ2n) is 23.9. The highest BCUT2D eigenvalue weighted by Gasteiger charge is 2.41. The molecule has 0 radical (unpaired) electrons. The van der Waals surface area contributed by atoms with Crippen LogP contribution in [0.5, 0.6) is 0 Å². The van der Waals surface area contributed by atoms with Crippen molar-refractivity contribution in [3.63, 3.8) is 0 Å². The predicted octanol–water partition coefficient (Wildman–Crippen LogP) is 5.50. The number of nitrogens with one attached hydrogen (secondary N) is 2. The number of carbonyl (C=O) groups excluding carboxylic acids is 6. The average molecular weight is 1090 g/mol.